The molecule has 1 aromatic carbocycles. The number of ketones is 1. The molecule has 0 radical (unpaired) electrons. The summed E-state index contributed by atoms with van der Waals surface area (Å²) in [6.45, 7) is 5.70. The maximum Gasteiger partial charge on any atom is 0.184 e. The van der Waals surface area contributed by atoms with Crippen molar-refractivity contribution in [2.75, 3.05) is 13.7 Å². The third kappa shape index (κ3) is 2.92. The Hall–Kier alpha value is -2.40. The van der Waals surface area contributed by atoms with E-state index in [-0.39, 0.29) is 5.78 Å². The molecule has 0 fully saturated rings. The summed E-state index contributed by atoms with van der Waals surface area (Å²) in [5.74, 6) is 0.102. The Bertz CT molecular complexity index is 845. The average Bonchev–Trinajstić information content (AvgIpc) is 3.07. The smallest absolute Gasteiger partial charge is 0.184 e. The Morgan fingerprint density at radius 1 is 1.26 bits per heavy atom. The molecule has 3 aromatic rings. The van der Waals surface area contributed by atoms with Gasteiger partial charge in [0.2, 0.25) is 0 Å². The summed E-state index contributed by atoms with van der Waals surface area (Å²) >= 11 is 0. The van der Waals surface area contributed by atoms with Crippen LogP contribution in [0.4, 0.5) is 0 Å². The van der Waals surface area contributed by atoms with Gasteiger partial charge in [-0.25, -0.2) is 4.98 Å². The minimum absolute atomic E-state index is 0.102. The largest absolute Gasteiger partial charge is 0.383 e. The lowest BCUT2D eigenvalue weighted by Crippen LogP contribution is -2.12. The molecule has 23 heavy (non-hydrogen) atoms. The van der Waals surface area contributed by atoms with Crippen molar-refractivity contribution in [2.24, 2.45) is 0 Å². The van der Waals surface area contributed by atoms with Crippen LogP contribution < -0.4 is 0 Å². The van der Waals surface area contributed by atoms with Gasteiger partial charge >= 0.3 is 0 Å². The Labute approximate surface area is 135 Å². The van der Waals surface area contributed by atoms with Crippen molar-refractivity contribution in [3.63, 3.8) is 0 Å². The monoisotopic (exact) mass is 311 g/mol. The highest BCUT2D eigenvalue weighted by atomic mass is 16.5. The third-order valence-electron chi connectivity index (χ3n) is 4.23. The predicted molar refractivity (Wildman–Crippen MR) is 89.8 cm³/mol. The summed E-state index contributed by atoms with van der Waals surface area (Å²) in [4.78, 5) is 17.1. The van der Waals surface area contributed by atoms with Gasteiger partial charge in [0, 0.05) is 30.6 Å². The van der Waals surface area contributed by atoms with Crippen LogP contribution in [0.2, 0.25) is 0 Å². The molecular weight excluding hydrogens is 290 g/mol. The number of para-hydroxylation sites is 2. The normalized spacial score (nSPS) is 11.3. The zero-order chi connectivity index (χ0) is 16.4. The van der Waals surface area contributed by atoms with Crippen LogP contribution in [0.3, 0.4) is 0 Å². The lowest BCUT2D eigenvalue weighted by Gasteiger charge is -2.09. The van der Waals surface area contributed by atoms with Gasteiger partial charge in [0.05, 0.1) is 30.5 Å². The molecule has 0 aliphatic heterocycles. The summed E-state index contributed by atoms with van der Waals surface area (Å²) < 4.78 is 9.17. The molecule has 0 bridgehead atoms. The van der Waals surface area contributed by atoms with E-state index in [1.165, 1.54) is 0 Å². The summed E-state index contributed by atoms with van der Waals surface area (Å²) in [6.07, 6.45) is 1.73. The van der Waals surface area contributed by atoms with Gasteiger partial charge in [-0.2, -0.15) is 0 Å². The standard InChI is InChI=1S/C18H21N3O2/c1-13-10-15(14(2)21(13)8-9-23-3)18(22)11-20-12-19-16-6-4-5-7-17(16)20/h4-7,10,12H,8-9,11H2,1-3H3. The number of carbonyl (C=O) groups is 1. The van der Waals surface area contributed by atoms with Crippen LogP contribution >= 0.6 is 0 Å². The molecule has 2 heterocycles. The predicted octanol–water partition coefficient (Wildman–Crippen LogP) is 2.98. The summed E-state index contributed by atoms with van der Waals surface area (Å²) in [5, 5.41) is 0. The van der Waals surface area contributed by atoms with Crippen LogP contribution in [0.25, 0.3) is 11.0 Å². The van der Waals surface area contributed by atoms with Crippen molar-refractivity contribution < 1.29 is 9.53 Å². The quantitative estimate of drug-likeness (QED) is 0.658. The molecule has 0 spiro atoms. The van der Waals surface area contributed by atoms with Crippen molar-refractivity contribution in [3.05, 3.63) is 53.6 Å². The molecule has 0 unspecified atom stereocenters. The first-order chi connectivity index (χ1) is 11.1. The van der Waals surface area contributed by atoms with E-state index in [1.807, 2.05) is 48.7 Å². The number of imidazole rings is 1. The Kier molecular flexibility index (Phi) is 4.30. The number of carbonyl (C=O) groups excluding carboxylic acids is 1. The van der Waals surface area contributed by atoms with Gasteiger partial charge in [0.25, 0.3) is 0 Å². The van der Waals surface area contributed by atoms with Crippen LogP contribution in [0.1, 0.15) is 21.7 Å². The molecule has 0 aliphatic carbocycles. The van der Waals surface area contributed by atoms with Crippen LogP contribution in [-0.2, 0) is 17.8 Å². The molecule has 5 heteroatoms. The highest BCUT2D eigenvalue weighted by Gasteiger charge is 2.16. The fourth-order valence-electron chi connectivity index (χ4n) is 2.99. The van der Waals surface area contributed by atoms with Crippen molar-refractivity contribution in [2.45, 2.75) is 26.9 Å². The fourth-order valence-corrected chi connectivity index (χ4v) is 2.99. The summed E-state index contributed by atoms with van der Waals surface area (Å²) in [6, 6.07) is 9.81. The number of aryl methyl sites for hydroxylation is 1. The average molecular weight is 311 g/mol. The zero-order valence-corrected chi connectivity index (χ0v) is 13.7. The number of methoxy groups -OCH3 is 1. The van der Waals surface area contributed by atoms with Gasteiger partial charge < -0.3 is 13.9 Å². The highest BCUT2D eigenvalue weighted by molar-refractivity contribution is 5.98. The molecule has 5 nitrogen and oxygen atoms in total. The van der Waals surface area contributed by atoms with Crippen molar-refractivity contribution >= 4 is 16.8 Å². The maximum atomic E-state index is 12.7. The number of benzene rings is 1. The van der Waals surface area contributed by atoms with Gasteiger partial charge in [0.15, 0.2) is 5.78 Å². The number of rotatable bonds is 6. The molecule has 3 rings (SSSR count). The molecule has 0 amide bonds. The topological polar surface area (TPSA) is 49.0 Å². The second kappa shape index (κ2) is 6.38. The minimum Gasteiger partial charge on any atom is -0.383 e. The zero-order valence-electron chi connectivity index (χ0n) is 13.7. The molecule has 0 N–H and O–H groups in total. The Balaban J connectivity index is 1.86. The van der Waals surface area contributed by atoms with Crippen molar-refractivity contribution in [1.82, 2.24) is 14.1 Å². The first-order valence-electron chi connectivity index (χ1n) is 7.70. The number of ether oxygens (including phenoxy) is 1. The molecule has 0 saturated carbocycles. The molecule has 0 saturated heterocycles. The minimum atomic E-state index is 0.102. The number of aromatic nitrogens is 3. The van der Waals surface area contributed by atoms with E-state index in [0.29, 0.717) is 13.2 Å². The van der Waals surface area contributed by atoms with E-state index in [4.69, 9.17) is 4.74 Å². The highest BCUT2D eigenvalue weighted by Crippen LogP contribution is 2.18. The second-order valence-corrected chi connectivity index (χ2v) is 5.71. The Morgan fingerprint density at radius 2 is 2.04 bits per heavy atom. The molecule has 0 aliphatic rings. The number of hydrogen-bond donors (Lipinski definition) is 0. The van der Waals surface area contributed by atoms with Gasteiger partial charge in [-0.3, -0.25) is 4.79 Å². The van der Waals surface area contributed by atoms with Gasteiger partial charge in [0.1, 0.15) is 0 Å². The van der Waals surface area contributed by atoms with E-state index in [9.17, 15) is 4.79 Å². The van der Waals surface area contributed by atoms with Crippen LogP contribution in [0.5, 0.6) is 0 Å². The molecular formula is C18H21N3O2. The van der Waals surface area contributed by atoms with E-state index >= 15 is 0 Å². The number of nitrogens with zero attached hydrogens (tertiary/aromatic N) is 3. The van der Waals surface area contributed by atoms with E-state index in [1.54, 1.807) is 13.4 Å². The van der Waals surface area contributed by atoms with Gasteiger partial charge in [-0.05, 0) is 32.0 Å². The number of fused-ring (bicyclic) bond motifs is 1. The fraction of sp³-hybridized carbons (Fsp3) is 0.333. The van der Waals surface area contributed by atoms with Gasteiger partial charge in [-0.1, -0.05) is 12.1 Å². The molecule has 2 aromatic heterocycles. The van der Waals surface area contributed by atoms with Crippen molar-refractivity contribution in [3.8, 4) is 0 Å². The number of Topliss-reactive ketones (excluding diaryl/α,β-unsaturated/α-hetero) is 1. The van der Waals surface area contributed by atoms with Gasteiger partial charge in [-0.15, -0.1) is 0 Å². The Morgan fingerprint density at radius 3 is 2.83 bits per heavy atom. The molecule has 0 atom stereocenters. The van der Waals surface area contributed by atoms with Crippen LogP contribution in [0.15, 0.2) is 36.7 Å². The summed E-state index contributed by atoms with van der Waals surface area (Å²) in [5.41, 5.74) is 4.74. The van der Waals surface area contributed by atoms with E-state index < -0.39 is 0 Å². The first-order valence-corrected chi connectivity index (χ1v) is 7.70. The molecule has 120 valence electrons. The van der Waals surface area contributed by atoms with Crippen LogP contribution in [0, 0.1) is 13.8 Å². The first kappa shape index (κ1) is 15.5. The second-order valence-electron chi connectivity index (χ2n) is 5.71. The van der Waals surface area contributed by atoms with E-state index in [0.717, 1.165) is 34.5 Å². The van der Waals surface area contributed by atoms with Crippen molar-refractivity contribution in [1.29, 1.82) is 0 Å². The number of hydrogen-bond acceptors (Lipinski definition) is 3. The lowest BCUT2D eigenvalue weighted by molar-refractivity contribution is 0.0972. The lowest BCUT2D eigenvalue weighted by atomic mass is 10.1. The maximum absolute atomic E-state index is 12.7. The third-order valence-corrected chi connectivity index (χ3v) is 4.23. The van der Waals surface area contributed by atoms with Crippen LogP contribution in [-0.4, -0.2) is 33.6 Å². The van der Waals surface area contributed by atoms with E-state index in [2.05, 4.69) is 9.55 Å². The summed E-state index contributed by atoms with van der Waals surface area (Å²) in [7, 11) is 1.68. The SMILES string of the molecule is COCCn1c(C)cc(C(=O)Cn2cnc3ccccc32)c1C.